The average Bonchev–Trinajstić information content (AvgIpc) is 2.49. The predicted molar refractivity (Wildman–Crippen MR) is 83.2 cm³/mol. The number of rotatable bonds is 5. The number of ether oxygens (including phenoxy) is 1. The maximum atomic E-state index is 12.1. The normalized spacial score (nSPS) is 10.1. The lowest BCUT2D eigenvalue weighted by Crippen LogP contribution is -2.15. The van der Waals surface area contributed by atoms with Crippen molar-refractivity contribution in [2.45, 2.75) is 13.3 Å². The number of anilines is 1. The van der Waals surface area contributed by atoms with Gasteiger partial charge in [-0.3, -0.25) is 14.9 Å². The van der Waals surface area contributed by atoms with Crippen molar-refractivity contribution in [3.63, 3.8) is 0 Å². The van der Waals surface area contributed by atoms with E-state index in [0.29, 0.717) is 5.75 Å². The SMILES string of the molecule is COc1ccc([N+](=O)[O-])cc1NC(=O)Cc1ccccc1C. The zero-order valence-electron chi connectivity index (χ0n) is 12.3. The molecule has 0 spiro atoms. The van der Waals surface area contributed by atoms with E-state index in [0.717, 1.165) is 11.1 Å². The molecule has 0 heterocycles. The maximum absolute atomic E-state index is 12.1. The minimum absolute atomic E-state index is 0.105. The number of aryl methyl sites for hydroxylation is 1. The molecule has 0 aromatic heterocycles. The van der Waals surface area contributed by atoms with Crippen LogP contribution in [-0.4, -0.2) is 17.9 Å². The van der Waals surface area contributed by atoms with E-state index in [1.165, 1.54) is 25.3 Å². The van der Waals surface area contributed by atoms with Crippen molar-refractivity contribution in [3.8, 4) is 5.75 Å². The van der Waals surface area contributed by atoms with Crippen LogP contribution in [0.3, 0.4) is 0 Å². The number of methoxy groups -OCH3 is 1. The van der Waals surface area contributed by atoms with Crippen LogP contribution in [0.5, 0.6) is 5.75 Å². The van der Waals surface area contributed by atoms with Crippen LogP contribution in [0.2, 0.25) is 0 Å². The summed E-state index contributed by atoms with van der Waals surface area (Å²) < 4.78 is 5.12. The van der Waals surface area contributed by atoms with Gasteiger partial charge in [-0.05, 0) is 24.1 Å². The first-order valence-corrected chi connectivity index (χ1v) is 6.68. The third-order valence-electron chi connectivity index (χ3n) is 3.28. The van der Waals surface area contributed by atoms with Gasteiger partial charge < -0.3 is 10.1 Å². The lowest BCUT2D eigenvalue weighted by atomic mass is 10.1. The number of nitrogens with zero attached hydrogens (tertiary/aromatic N) is 1. The van der Waals surface area contributed by atoms with Crippen LogP contribution in [0, 0.1) is 17.0 Å². The van der Waals surface area contributed by atoms with Gasteiger partial charge in [-0.2, -0.15) is 0 Å². The summed E-state index contributed by atoms with van der Waals surface area (Å²) in [7, 11) is 1.44. The van der Waals surface area contributed by atoms with E-state index in [4.69, 9.17) is 4.74 Å². The summed E-state index contributed by atoms with van der Waals surface area (Å²) >= 11 is 0. The molecule has 0 aliphatic heterocycles. The molecule has 0 radical (unpaired) electrons. The van der Waals surface area contributed by atoms with Gasteiger partial charge in [0.05, 0.1) is 24.1 Å². The Morgan fingerprint density at radius 3 is 2.64 bits per heavy atom. The van der Waals surface area contributed by atoms with E-state index >= 15 is 0 Å². The van der Waals surface area contributed by atoms with Gasteiger partial charge in [0.2, 0.25) is 5.91 Å². The number of nitro groups is 1. The highest BCUT2D eigenvalue weighted by molar-refractivity contribution is 5.94. The fraction of sp³-hybridized carbons (Fsp3) is 0.188. The molecule has 6 heteroatoms. The van der Waals surface area contributed by atoms with E-state index in [2.05, 4.69) is 5.32 Å². The number of hydrogen-bond donors (Lipinski definition) is 1. The van der Waals surface area contributed by atoms with Crippen molar-refractivity contribution in [2.75, 3.05) is 12.4 Å². The minimum Gasteiger partial charge on any atom is -0.495 e. The summed E-state index contributed by atoms with van der Waals surface area (Å²) in [5, 5.41) is 13.5. The summed E-state index contributed by atoms with van der Waals surface area (Å²) in [4.78, 5) is 22.5. The van der Waals surface area contributed by atoms with Crippen molar-refractivity contribution < 1.29 is 14.5 Å². The molecule has 2 rings (SSSR count). The molecule has 0 unspecified atom stereocenters. The quantitative estimate of drug-likeness (QED) is 0.679. The van der Waals surface area contributed by atoms with Gasteiger partial charge in [0.15, 0.2) is 0 Å². The molecule has 1 amide bonds. The molecule has 0 fully saturated rings. The second-order valence-corrected chi connectivity index (χ2v) is 4.79. The van der Waals surface area contributed by atoms with Gasteiger partial charge in [0.1, 0.15) is 5.75 Å². The monoisotopic (exact) mass is 300 g/mol. The highest BCUT2D eigenvalue weighted by Gasteiger charge is 2.14. The van der Waals surface area contributed by atoms with E-state index in [9.17, 15) is 14.9 Å². The van der Waals surface area contributed by atoms with E-state index in [-0.39, 0.29) is 23.7 Å². The second-order valence-electron chi connectivity index (χ2n) is 4.79. The number of nitro benzene ring substituents is 1. The molecular formula is C16H16N2O4. The molecule has 2 aromatic rings. The highest BCUT2D eigenvalue weighted by atomic mass is 16.6. The number of non-ortho nitro benzene ring substituents is 1. The zero-order valence-corrected chi connectivity index (χ0v) is 12.3. The van der Waals surface area contributed by atoms with Gasteiger partial charge in [-0.15, -0.1) is 0 Å². The summed E-state index contributed by atoms with van der Waals surface area (Å²) in [5.74, 6) is 0.122. The lowest BCUT2D eigenvalue weighted by molar-refractivity contribution is -0.384. The van der Waals surface area contributed by atoms with Crippen LogP contribution in [0.15, 0.2) is 42.5 Å². The van der Waals surface area contributed by atoms with Crippen LogP contribution in [0.4, 0.5) is 11.4 Å². The molecule has 0 aliphatic rings. The van der Waals surface area contributed by atoms with Crippen LogP contribution in [0.25, 0.3) is 0 Å². The predicted octanol–water partition coefficient (Wildman–Crippen LogP) is 3.09. The van der Waals surface area contributed by atoms with Crippen molar-refractivity contribution in [1.82, 2.24) is 0 Å². The van der Waals surface area contributed by atoms with Crippen LogP contribution in [0.1, 0.15) is 11.1 Å². The fourth-order valence-electron chi connectivity index (χ4n) is 2.08. The number of carbonyl (C=O) groups is 1. The molecule has 0 saturated carbocycles. The van der Waals surface area contributed by atoms with Gasteiger partial charge in [-0.25, -0.2) is 0 Å². The van der Waals surface area contributed by atoms with Gasteiger partial charge in [0.25, 0.3) is 5.69 Å². The van der Waals surface area contributed by atoms with Crippen molar-refractivity contribution >= 4 is 17.3 Å². The number of benzene rings is 2. The molecule has 0 atom stereocenters. The smallest absolute Gasteiger partial charge is 0.271 e. The first-order chi connectivity index (χ1) is 10.5. The van der Waals surface area contributed by atoms with Gasteiger partial charge in [0, 0.05) is 12.1 Å². The second kappa shape index (κ2) is 6.71. The van der Waals surface area contributed by atoms with E-state index in [1.54, 1.807) is 0 Å². The van der Waals surface area contributed by atoms with Gasteiger partial charge >= 0.3 is 0 Å². The molecule has 0 saturated heterocycles. The standard InChI is InChI=1S/C16H16N2O4/c1-11-5-3-4-6-12(11)9-16(19)17-14-10-13(18(20)21)7-8-15(14)22-2/h3-8,10H,9H2,1-2H3,(H,17,19). The molecular weight excluding hydrogens is 284 g/mol. The zero-order chi connectivity index (χ0) is 16.1. The Kier molecular flexibility index (Phi) is 4.73. The van der Waals surface area contributed by atoms with E-state index < -0.39 is 4.92 Å². The summed E-state index contributed by atoms with van der Waals surface area (Å²) in [6.45, 7) is 1.93. The Morgan fingerprint density at radius 2 is 2.00 bits per heavy atom. The van der Waals surface area contributed by atoms with Crippen LogP contribution >= 0.6 is 0 Å². The number of carbonyl (C=O) groups excluding carboxylic acids is 1. The molecule has 22 heavy (non-hydrogen) atoms. The molecule has 0 aliphatic carbocycles. The Labute approximate surface area is 127 Å². The highest BCUT2D eigenvalue weighted by Crippen LogP contribution is 2.29. The number of nitrogens with one attached hydrogen (secondary N) is 1. The van der Waals surface area contributed by atoms with Crippen molar-refractivity contribution in [3.05, 3.63) is 63.7 Å². The number of hydrogen-bond acceptors (Lipinski definition) is 4. The Morgan fingerprint density at radius 1 is 1.27 bits per heavy atom. The van der Waals surface area contributed by atoms with Crippen molar-refractivity contribution in [1.29, 1.82) is 0 Å². The Balaban J connectivity index is 2.19. The maximum Gasteiger partial charge on any atom is 0.271 e. The third-order valence-corrected chi connectivity index (χ3v) is 3.28. The fourth-order valence-corrected chi connectivity index (χ4v) is 2.08. The first kappa shape index (κ1) is 15.5. The largest absolute Gasteiger partial charge is 0.495 e. The summed E-state index contributed by atoms with van der Waals surface area (Å²) in [6.07, 6.45) is 0.193. The third kappa shape index (κ3) is 3.60. The molecule has 114 valence electrons. The van der Waals surface area contributed by atoms with Gasteiger partial charge in [-0.1, -0.05) is 24.3 Å². The topological polar surface area (TPSA) is 81.5 Å². The summed E-state index contributed by atoms with van der Waals surface area (Å²) in [6, 6.07) is 11.6. The molecule has 2 aromatic carbocycles. The Bertz CT molecular complexity index is 713. The average molecular weight is 300 g/mol. The molecule has 6 nitrogen and oxygen atoms in total. The minimum atomic E-state index is -0.517. The first-order valence-electron chi connectivity index (χ1n) is 6.68. The number of amides is 1. The van der Waals surface area contributed by atoms with E-state index in [1.807, 2.05) is 31.2 Å². The summed E-state index contributed by atoms with van der Waals surface area (Å²) in [5.41, 5.74) is 2.11. The van der Waals surface area contributed by atoms with Crippen LogP contribution < -0.4 is 10.1 Å². The molecule has 1 N–H and O–H groups in total. The Hall–Kier alpha value is -2.89. The van der Waals surface area contributed by atoms with Crippen LogP contribution in [-0.2, 0) is 11.2 Å². The molecule has 0 bridgehead atoms. The lowest BCUT2D eigenvalue weighted by Gasteiger charge is -2.11. The van der Waals surface area contributed by atoms with Crippen molar-refractivity contribution in [2.24, 2.45) is 0 Å².